The van der Waals surface area contributed by atoms with Crippen LogP contribution in [0.5, 0.6) is 0 Å². The molecule has 3 rings (SSSR count). The van der Waals surface area contributed by atoms with Gasteiger partial charge in [0.05, 0.1) is 5.92 Å². The Morgan fingerprint density at radius 3 is 2.33 bits per heavy atom. The maximum Gasteiger partial charge on any atom is 0.308 e. The standard InChI is InChI=1S/C18H22N2O4/c1-11-7-12(2)9-14(8-11)20-6-4-15(17(20)22)16(21)19-5-3-13(10-19)18(23)24/h7-9,13,15H,3-6,10H2,1-2H3,(H,23,24)/t13-,15-/m0/s1. The van der Waals surface area contributed by atoms with Crippen LogP contribution in [0.25, 0.3) is 0 Å². The summed E-state index contributed by atoms with van der Waals surface area (Å²) in [5.74, 6) is -2.47. The lowest BCUT2D eigenvalue weighted by Gasteiger charge is -2.21. The summed E-state index contributed by atoms with van der Waals surface area (Å²) in [7, 11) is 0. The molecule has 128 valence electrons. The van der Waals surface area contributed by atoms with E-state index in [-0.39, 0.29) is 18.4 Å². The average Bonchev–Trinajstić information content (AvgIpc) is 3.12. The fourth-order valence-corrected chi connectivity index (χ4v) is 3.65. The minimum atomic E-state index is -0.875. The normalized spacial score (nSPS) is 23.8. The van der Waals surface area contributed by atoms with Crippen molar-refractivity contribution in [3.63, 3.8) is 0 Å². The summed E-state index contributed by atoms with van der Waals surface area (Å²) in [6.07, 6.45) is 0.946. The van der Waals surface area contributed by atoms with Crippen molar-refractivity contribution in [3.05, 3.63) is 29.3 Å². The summed E-state index contributed by atoms with van der Waals surface area (Å²) in [6, 6.07) is 5.95. The number of carboxylic acid groups (broad SMARTS) is 1. The predicted octanol–water partition coefficient (Wildman–Crippen LogP) is 1.59. The highest BCUT2D eigenvalue weighted by Crippen LogP contribution is 2.29. The number of nitrogens with zero attached hydrogens (tertiary/aromatic N) is 2. The fraction of sp³-hybridized carbons (Fsp3) is 0.500. The van der Waals surface area contributed by atoms with E-state index < -0.39 is 17.8 Å². The van der Waals surface area contributed by atoms with E-state index in [4.69, 9.17) is 5.11 Å². The first-order valence-electron chi connectivity index (χ1n) is 8.28. The summed E-state index contributed by atoms with van der Waals surface area (Å²) in [4.78, 5) is 39.6. The van der Waals surface area contributed by atoms with Crippen LogP contribution in [-0.2, 0) is 14.4 Å². The van der Waals surface area contributed by atoms with E-state index in [1.54, 1.807) is 4.90 Å². The van der Waals surface area contributed by atoms with Gasteiger partial charge in [0.2, 0.25) is 11.8 Å². The topological polar surface area (TPSA) is 77.9 Å². The molecule has 0 bridgehead atoms. The van der Waals surface area contributed by atoms with E-state index >= 15 is 0 Å². The number of carbonyl (C=O) groups excluding carboxylic acids is 2. The maximum atomic E-state index is 12.7. The molecule has 2 amide bonds. The number of aryl methyl sites for hydroxylation is 2. The molecule has 6 heteroatoms. The lowest BCUT2D eigenvalue weighted by atomic mass is 10.1. The average molecular weight is 330 g/mol. The first kappa shape index (κ1) is 16.5. The van der Waals surface area contributed by atoms with Gasteiger partial charge in [-0.05, 0) is 49.9 Å². The zero-order valence-corrected chi connectivity index (χ0v) is 14.0. The second-order valence-electron chi connectivity index (χ2n) is 6.79. The third-order valence-corrected chi connectivity index (χ3v) is 4.87. The van der Waals surface area contributed by atoms with Gasteiger partial charge < -0.3 is 14.9 Å². The van der Waals surface area contributed by atoms with E-state index in [1.165, 1.54) is 4.90 Å². The largest absolute Gasteiger partial charge is 0.481 e. The molecule has 0 saturated carbocycles. The number of benzene rings is 1. The van der Waals surface area contributed by atoms with Gasteiger partial charge in [0.1, 0.15) is 5.92 Å². The number of anilines is 1. The van der Waals surface area contributed by atoms with Crippen molar-refractivity contribution >= 4 is 23.5 Å². The summed E-state index contributed by atoms with van der Waals surface area (Å²) in [5.41, 5.74) is 2.99. The van der Waals surface area contributed by atoms with Crippen LogP contribution in [0.4, 0.5) is 5.69 Å². The fourth-order valence-electron chi connectivity index (χ4n) is 3.65. The lowest BCUT2D eigenvalue weighted by molar-refractivity contribution is -0.142. The van der Waals surface area contributed by atoms with Crippen molar-refractivity contribution in [1.29, 1.82) is 0 Å². The highest BCUT2D eigenvalue weighted by Gasteiger charge is 2.42. The van der Waals surface area contributed by atoms with Crippen LogP contribution in [0.15, 0.2) is 18.2 Å². The number of hydrogen-bond donors (Lipinski definition) is 1. The third kappa shape index (κ3) is 3.00. The summed E-state index contributed by atoms with van der Waals surface area (Å²) in [6.45, 7) is 5.12. The highest BCUT2D eigenvalue weighted by molar-refractivity contribution is 6.09. The Balaban J connectivity index is 1.72. The molecule has 24 heavy (non-hydrogen) atoms. The zero-order chi connectivity index (χ0) is 17.4. The quantitative estimate of drug-likeness (QED) is 0.854. The Bertz CT molecular complexity index is 680. The molecule has 2 heterocycles. The molecule has 0 aliphatic carbocycles. The van der Waals surface area contributed by atoms with E-state index in [1.807, 2.05) is 32.0 Å². The van der Waals surface area contributed by atoms with E-state index in [0.29, 0.717) is 25.9 Å². The highest BCUT2D eigenvalue weighted by atomic mass is 16.4. The molecule has 1 N–H and O–H groups in total. The van der Waals surface area contributed by atoms with Crippen LogP contribution in [0.3, 0.4) is 0 Å². The molecular weight excluding hydrogens is 308 g/mol. The van der Waals surface area contributed by atoms with Crippen LogP contribution in [-0.4, -0.2) is 47.4 Å². The van der Waals surface area contributed by atoms with Gasteiger partial charge in [-0.1, -0.05) is 6.07 Å². The van der Waals surface area contributed by atoms with Gasteiger partial charge in [-0.15, -0.1) is 0 Å². The van der Waals surface area contributed by atoms with Gasteiger partial charge in [-0.2, -0.15) is 0 Å². The minimum Gasteiger partial charge on any atom is -0.481 e. The van der Waals surface area contributed by atoms with Crippen LogP contribution in [0.1, 0.15) is 24.0 Å². The number of amides is 2. The van der Waals surface area contributed by atoms with Crippen molar-refractivity contribution in [3.8, 4) is 0 Å². The Hall–Kier alpha value is -2.37. The van der Waals surface area contributed by atoms with Crippen LogP contribution < -0.4 is 4.90 Å². The van der Waals surface area contributed by atoms with Crippen molar-refractivity contribution in [1.82, 2.24) is 4.90 Å². The number of carboxylic acids is 1. The van der Waals surface area contributed by atoms with Gasteiger partial charge in [-0.25, -0.2) is 0 Å². The predicted molar refractivity (Wildman–Crippen MR) is 88.7 cm³/mol. The third-order valence-electron chi connectivity index (χ3n) is 4.87. The second-order valence-corrected chi connectivity index (χ2v) is 6.79. The first-order chi connectivity index (χ1) is 11.4. The molecule has 6 nitrogen and oxygen atoms in total. The van der Waals surface area contributed by atoms with E-state index in [0.717, 1.165) is 16.8 Å². The van der Waals surface area contributed by atoms with Gasteiger partial charge in [-0.3, -0.25) is 14.4 Å². The molecule has 0 radical (unpaired) electrons. The minimum absolute atomic E-state index is 0.177. The number of hydrogen-bond acceptors (Lipinski definition) is 3. The van der Waals surface area contributed by atoms with Crippen LogP contribution in [0.2, 0.25) is 0 Å². The first-order valence-corrected chi connectivity index (χ1v) is 8.28. The van der Waals surface area contributed by atoms with Gasteiger partial charge in [0.25, 0.3) is 0 Å². The SMILES string of the molecule is Cc1cc(C)cc(N2CC[C@@H](C(=O)N3CC[C@H](C(=O)O)C3)C2=O)c1. The molecule has 2 aliphatic heterocycles. The second kappa shape index (κ2) is 6.26. The Kier molecular flexibility index (Phi) is 4.30. The molecule has 0 spiro atoms. The van der Waals surface area contributed by atoms with Crippen molar-refractivity contribution < 1.29 is 19.5 Å². The molecule has 1 aromatic rings. The molecule has 2 atom stereocenters. The summed E-state index contributed by atoms with van der Waals surface area (Å²) < 4.78 is 0. The molecule has 2 aliphatic rings. The summed E-state index contributed by atoms with van der Waals surface area (Å²) >= 11 is 0. The van der Waals surface area contributed by atoms with E-state index in [9.17, 15) is 14.4 Å². The molecule has 0 aromatic heterocycles. The molecule has 0 unspecified atom stereocenters. The van der Waals surface area contributed by atoms with Crippen LogP contribution >= 0.6 is 0 Å². The number of carbonyl (C=O) groups is 3. The Labute approximate surface area is 141 Å². The lowest BCUT2D eigenvalue weighted by Crippen LogP contribution is -2.39. The number of aliphatic carboxylic acids is 1. The Morgan fingerprint density at radius 2 is 1.75 bits per heavy atom. The van der Waals surface area contributed by atoms with Crippen LogP contribution in [0, 0.1) is 25.7 Å². The molecule has 2 saturated heterocycles. The molecule has 1 aromatic carbocycles. The monoisotopic (exact) mass is 330 g/mol. The van der Waals surface area contributed by atoms with Gasteiger partial charge in [0.15, 0.2) is 0 Å². The maximum absolute atomic E-state index is 12.7. The van der Waals surface area contributed by atoms with E-state index in [2.05, 4.69) is 0 Å². The van der Waals surface area contributed by atoms with Crippen molar-refractivity contribution in [2.24, 2.45) is 11.8 Å². The summed E-state index contributed by atoms with van der Waals surface area (Å²) in [5, 5.41) is 9.06. The van der Waals surface area contributed by atoms with Gasteiger partial charge in [0, 0.05) is 25.3 Å². The zero-order valence-electron chi connectivity index (χ0n) is 14.0. The number of likely N-dealkylation sites (tertiary alicyclic amines) is 1. The number of rotatable bonds is 3. The van der Waals surface area contributed by atoms with Crippen molar-refractivity contribution in [2.75, 3.05) is 24.5 Å². The molecule has 2 fully saturated rings. The Morgan fingerprint density at radius 1 is 1.08 bits per heavy atom. The van der Waals surface area contributed by atoms with Gasteiger partial charge >= 0.3 is 5.97 Å². The molecular formula is C18H22N2O4. The smallest absolute Gasteiger partial charge is 0.308 e. The van der Waals surface area contributed by atoms with Crippen molar-refractivity contribution in [2.45, 2.75) is 26.7 Å².